The minimum atomic E-state index is -0.248. The molecular weight excluding hydrogens is 138 g/mol. The topological polar surface area (TPSA) is 44.7 Å². The van der Waals surface area contributed by atoms with Gasteiger partial charge in [0.15, 0.2) is 5.50 Å². The summed E-state index contributed by atoms with van der Waals surface area (Å²) < 4.78 is 0. The standard InChI is InChI=1S/C4H7N3OS/c1-7-4(9)5-2-3(8)6-7/h2,4,9H,1H3,(H,6,8). The highest BCUT2D eigenvalue weighted by Crippen LogP contribution is 2.01. The van der Waals surface area contributed by atoms with Crippen molar-refractivity contribution in [1.82, 2.24) is 10.4 Å². The second-order valence-electron chi connectivity index (χ2n) is 1.71. The van der Waals surface area contributed by atoms with Gasteiger partial charge in [-0.05, 0) is 0 Å². The molecule has 1 aliphatic heterocycles. The molecule has 0 aromatic carbocycles. The van der Waals surface area contributed by atoms with E-state index in [4.69, 9.17) is 0 Å². The normalized spacial score (nSPS) is 28.2. The van der Waals surface area contributed by atoms with Crippen molar-refractivity contribution in [2.75, 3.05) is 7.05 Å². The Labute approximate surface area is 58.3 Å². The lowest BCUT2D eigenvalue weighted by molar-refractivity contribution is -0.119. The molecule has 5 heteroatoms. The number of carbonyl (C=O) groups is 1. The van der Waals surface area contributed by atoms with Gasteiger partial charge in [0.1, 0.15) is 0 Å². The lowest BCUT2D eigenvalue weighted by atomic mass is 10.6. The molecule has 0 radical (unpaired) electrons. The smallest absolute Gasteiger partial charge is 0.276 e. The Morgan fingerprint density at radius 1 is 2.00 bits per heavy atom. The van der Waals surface area contributed by atoms with Crippen LogP contribution in [0.15, 0.2) is 4.99 Å². The van der Waals surface area contributed by atoms with E-state index in [1.807, 2.05) is 0 Å². The summed E-state index contributed by atoms with van der Waals surface area (Å²) in [5, 5.41) is 1.52. The summed E-state index contributed by atoms with van der Waals surface area (Å²) in [5.41, 5.74) is 2.25. The van der Waals surface area contributed by atoms with Crippen molar-refractivity contribution in [1.29, 1.82) is 0 Å². The van der Waals surface area contributed by atoms with Gasteiger partial charge in [-0.1, -0.05) is 0 Å². The van der Waals surface area contributed by atoms with E-state index in [0.29, 0.717) is 0 Å². The summed E-state index contributed by atoms with van der Waals surface area (Å²) >= 11 is 4.01. The fourth-order valence-corrected chi connectivity index (χ4v) is 0.619. The molecule has 0 aliphatic carbocycles. The van der Waals surface area contributed by atoms with Gasteiger partial charge in [-0.15, -0.1) is 12.6 Å². The van der Waals surface area contributed by atoms with Gasteiger partial charge in [0, 0.05) is 7.05 Å². The van der Waals surface area contributed by atoms with Gasteiger partial charge in [0.25, 0.3) is 5.91 Å². The van der Waals surface area contributed by atoms with Gasteiger partial charge in [-0.2, -0.15) is 5.01 Å². The van der Waals surface area contributed by atoms with Crippen molar-refractivity contribution in [2.24, 2.45) is 4.99 Å². The number of rotatable bonds is 0. The third-order valence-corrected chi connectivity index (χ3v) is 1.44. The maximum absolute atomic E-state index is 10.5. The predicted octanol–water partition coefficient (Wildman–Crippen LogP) is -0.753. The molecule has 1 N–H and O–H groups in total. The highest BCUT2D eigenvalue weighted by atomic mass is 32.1. The van der Waals surface area contributed by atoms with Crippen LogP contribution >= 0.6 is 12.6 Å². The van der Waals surface area contributed by atoms with Crippen LogP contribution in [0.4, 0.5) is 0 Å². The van der Waals surface area contributed by atoms with Crippen molar-refractivity contribution in [3.8, 4) is 0 Å². The maximum Gasteiger partial charge on any atom is 0.276 e. The molecular formula is C4H7N3OS. The zero-order chi connectivity index (χ0) is 6.85. The van der Waals surface area contributed by atoms with E-state index in [0.717, 1.165) is 0 Å². The van der Waals surface area contributed by atoms with Crippen molar-refractivity contribution in [3.05, 3.63) is 0 Å². The summed E-state index contributed by atoms with van der Waals surface area (Å²) in [6, 6.07) is 0. The molecule has 1 amide bonds. The van der Waals surface area contributed by atoms with Crippen LogP contribution in [0.2, 0.25) is 0 Å². The molecule has 50 valence electrons. The fraction of sp³-hybridized carbons (Fsp3) is 0.500. The summed E-state index contributed by atoms with van der Waals surface area (Å²) in [4.78, 5) is 14.2. The van der Waals surface area contributed by atoms with E-state index < -0.39 is 0 Å². The Kier molecular flexibility index (Phi) is 1.73. The van der Waals surface area contributed by atoms with E-state index in [1.165, 1.54) is 11.2 Å². The number of amides is 1. The number of hydrazine groups is 1. The first kappa shape index (κ1) is 6.57. The van der Waals surface area contributed by atoms with Crippen LogP contribution in [0.3, 0.4) is 0 Å². The quantitative estimate of drug-likeness (QED) is 0.440. The van der Waals surface area contributed by atoms with Crippen LogP contribution in [-0.4, -0.2) is 29.7 Å². The van der Waals surface area contributed by atoms with Gasteiger partial charge >= 0.3 is 0 Å². The van der Waals surface area contributed by atoms with Gasteiger partial charge in [0.2, 0.25) is 0 Å². The molecule has 1 unspecified atom stereocenters. The maximum atomic E-state index is 10.5. The Bertz CT molecular complexity index is 158. The number of hydrogen-bond acceptors (Lipinski definition) is 4. The van der Waals surface area contributed by atoms with Crippen LogP contribution in [0.5, 0.6) is 0 Å². The molecule has 0 spiro atoms. The zero-order valence-corrected chi connectivity index (χ0v) is 5.80. The molecule has 9 heavy (non-hydrogen) atoms. The van der Waals surface area contributed by atoms with Gasteiger partial charge in [0.05, 0.1) is 6.21 Å². The minimum absolute atomic E-state index is 0.206. The first-order chi connectivity index (χ1) is 4.20. The zero-order valence-electron chi connectivity index (χ0n) is 4.90. The number of aliphatic imine (C=N–C) groups is 1. The Balaban J connectivity index is 2.65. The summed E-state index contributed by atoms with van der Waals surface area (Å²) in [6.07, 6.45) is 1.22. The second-order valence-corrected chi connectivity index (χ2v) is 2.17. The summed E-state index contributed by atoms with van der Waals surface area (Å²) in [6.45, 7) is 0. The largest absolute Gasteiger partial charge is 0.282 e. The average molecular weight is 145 g/mol. The minimum Gasteiger partial charge on any atom is -0.282 e. The third-order valence-electron chi connectivity index (χ3n) is 0.958. The molecule has 0 aromatic rings. The predicted molar refractivity (Wildman–Crippen MR) is 37.2 cm³/mol. The van der Waals surface area contributed by atoms with Crippen molar-refractivity contribution in [2.45, 2.75) is 5.50 Å². The van der Waals surface area contributed by atoms with Gasteiger partial charge < -0.3 is 0 Å². The van der Waals surface area contributed by atoms with Crippen molar-refractivity contribution < 1.29 is 4.79 Å². The summed E-state index contributed by atoms with van der Waals surface area (Å²) in [5.74, 6) is -0.206. The average Bonchev–Trinajstić information content (AvgIpc) is 1.80. The SMILES string of the molecule is CN1NC(=O)C=NC1S. The lowest BCUT2D eigenvalue weighted by Crippen LogP contribution is -2.47. The highest BCUT2D eigenvalue weighted by Gasteiger charge is 2.13. The molecule has 1 heterocycles. The molecule has 1 aliphatic rings. The van der Waals surface area contributed by atoms with E-state index in [9.17, 15) is 4.79 Å². The first-order valence-electron chi connectivity index (χ1n) is 2.45. The van der Waals surface area contributed by atoms with E-state index >= 15 is 0 Å². The number of thiol groups is 1. The fourth-order valence-electron chi connectivity index (χ4n) is 0.495. The molecule has 0 saturated heterocycles. The monoisotopic (exact) mass is 145 g/mol. The number of nitrogens with zero attached hydrogens (tertiary/aromatic N) is 2. The van der Waals surface area contributed by atoms with Crippen LogP contribution in [0, 0.1) is 0 Å². The molecule has 1 rings (SSSR count). The Morgan fingerprint density at radius 3 is 3.11 bits per heavy atom. The van der Waals surface area contributed by atoms with Crippen LogP contribution < -0.4 is 5.43 Å². The number of hydrogen-bond donors (Lipinski definition) is 2. The van der Waals surface area contributed by atoms with Crippen molar-refractivity contribution in [3.63, 3.8) is 0 Å². The highest BCUT2D eigenvalue weighted by molar-refractivity contribution is 7.80. The lowest BCUT2D eigenvalue weighted by Gasteiger charge is -2.23. The van der Waals surface area contributed by atoms with E-state index in [1.54, 1.807) is 7.05 Å². The second kappa shape index (κ2) is 2.36. The first-order valence-corrected chi connectivity index (χ1v) is 2.96. The van der Waals surface area contributed by atoms with E-state index in [2.05, 4.69) is 23.0 Å². The van der Waals surface area contributed by atoms with Gasteiger partial charge in [-0.3, -0.25) is 15.2 Å². The van der Waals surface area contributed by atoms with Crippen molar-refractivity contribution >= 4 is 24.8 Å². The molecule has 0 saturated carbocycles. The van der Waals surface area contributed by atoms with Crippen LogP contribution in [0.1, 0.15) is 0 Å². The van der Waals surface area contributed by atoms with Crippen LogP contribution in [-0.2, 0) is 4.79 Å². The Morgan fingerprint density at radius 2 is 2.67 bits per heavy atom. The Hall–Kier alpha value is -0.550. The molecule has 0 aromatic heterocycles. The molecule has 4 nitrogen and oxygen atoms in total. The van der Waals surface area contributed by atoms with Gasteiger partial charge in [-0.25, -0.2) is 0 Å². The third kappa shape index (κ3) is 1.43. The molecule has 0 fully saturated rings. The number of carbonyl (C=O) groups excluding carboxylic acids is 1. The number of nitrogens with one attached hydrogen (secondary N) is 1. The molecule has 0 bridgehead atoms. The van der Waals surface area contributed by atoms with E-state index in [-0.39, 0.29) is 11.4 Å². The van der Waals surface area contributed by atoms with Crippen LogP contribution in [0.25, 0.3) is 0 Å². The molecule has 1 atom stereocenters. The summed E-state index contributed by atoms with van der Waals surface area (Å²) in [7, 11) is 1.70.